The van der Waals surface area contributed by atoms with Crippen LogP contribution in [0.3, 0.4) is 0 Å². The minimum absolute atomic E-state index is 0.700. The number of hydrogen-bond donors (Lipinski definition) is 1. The Morgan fingerprint density at radius 2 is 2.00 bits per heavy atom. The molecule has 1 aliphatic rings. The highest BCUT2D eigenvalue weighted by atomic mass is 16.5. The Kier molecular flexibility index (Phi) is 3.03. The molecule has 10 heavy (non-hydrogen) atoms. The fraction of sp³-hybridized carbons (Fsp3) is 0.875. The van der Waals surface area contributed by atoms with Gasteiger partial charge in [0.15, 0.2) is 0 Å². The third-order valence-corrected chi connectivity index (χ3v) is 2.24. The van der Waals surface area contributed by atoms with Gasteiger partial charge in [-0.2, -0.15) is 4.74 Å². The van der Waals surface area contributed by atoms with E-state index < -0.39 is 0 Å². The third kappa shape index (κ3) is 1.89. The molecule has 58 valence electrons. The lowest BCUT2D eigenvalue weighted by molar-refractivity contribution is 0.146. The second kappa shape index (κ2) is 3.84. The van der Waals surface area contributed by atoms with Gasteiger partial charge in [0, 0.05) is 12.8 Å². The molecule has 1 rings (SSSR count). The first kappa shape index (κ1) is 7.89. The van der Waals surface area contributed by atoms with Crippen LogP contribution in [0.1, 0.15) is 19.8 Å². The van der Waals surface area contributed by atoms with Crippen LogP contribution in [0, 0.1) is 12.0 Å². The summed E-state index contributed by atoms with van der Waals surface area (Å²) in [5.74, 6) is 0.700. The van der Waals surface area contributed by atoms with Crippen LogP contribution in [0.5, 0.6) is 0 Å². The Labute approximate surface area is 63.0 Å². The molecule has 0 saturated carbocycles. The van der Waals surface area contributed by atoms with E-state index in [1.807, 2.05) is 0 Å². The van der Waals surface area contributed by atoms with Gasteiger partial charge in [-0.25, -0.2) is 0 Å². The second-order valence-corrected chi connectivity index (χ2v) is 2.84. The van der Waals surface area contributed by atoms with E-state index in [4.69, 9.17) is 4.74 Å². The molecule has 0 unspecified atom stereocenters. The van der Waals surface area contributed by atoms with E-state index >= 15 is 0 Å². The molecule has 1 fully saturated rings. The largest absolute Gasteiger partial charge is 0.316 e. The minimum Gasteiger partial charge on any atom is -0.316 e. The molecule has 2 nitrogen and oxygen atoms in total. The van der Waals surface area contributed by atoms with Crippen molar-refractivity contribution in [2.75, 3.05) is 20.2 Å². The Hall–Kier alpha value is -0.210. The summed E-state index contributed by atoms with van der Waals surface area (Å²) in [5, 5.41) is 3.32. The lowest BCUT2D eigenvalue weighted by Crippen LogP contribution is -2.30. The van der Waals surface area contributed by atoms with Gasteiger partial charge < -0.3 is 5.32 Å². The van der Waals surface area contributed by atoms with Crippen LogP contribution >= 0.6 is 0 Å². The normalized spacial score (nSPS) is 21.0. The first-order chi connectivity index (χ1) is 4.84. The standard InChI is InChI=1S/C8H16NO/c1-7(10-2)8-3-5-9-6-4-8/h8-9H,3-6H2,1-2H3/q+1. The van der Waals surface area contributed by atoms with Gasteiger partial charge in [-0.05, 0) is 13.1 Å². The highest BCUT2D eigenvalue weighted by molar-refractivity contribution is 4.85. The number of ether oxygens (including phenoxy) is 1. The van der Waals surface area contributed by atoms with Crippen LogP contribution in [0.2, 0.25) is 0 Å². The molecule has 0 aromatic heterocycles. The fourth-order valence-electron chi connectivity index (χ4n) is 1.40. The lowest BCUT2D eigenvalue weighted by atomic mass is 9.93. The van der Waals surface area contributed by atoms with E-state index in [1.54, 1.807) is 7.11 Å². The van der Waals surface area contributed by atoms with Crippen molar-refractivity contribution in [3.8, 4) is 0 Å². The van der Waals surface area contributed by atoms with Crippen molar-refractivity contribution in [1.29, 1.82) is 0 Å². The van der Waals surface area contributed by atoms with Gasteiger partial charge in [0.25, 0.3) is 0 Å². The fourth-order valence-corrected chi connectivity index (χ4v) is 1.40. The van der Waals surface area contributed by atoms with E-state index in [0.717, 1.165) is 13.1 Å². The maximum absolute atomic E-state index is 5.18. The molecule has 0 amide bonds. The minimum atomic E-state index is 0.700. The first-order valence-electron chi connectivity index (χ1n) is 3.92. The average molecular weight is 142 g/mol. The number of rotatable bonds is 2. The van der Waals surface area contributed by atoms with Crippen molar-refractivity contribution in [2.24, 2.45) is 5.92 Å². The van der Waals surface area contributed by atoms with Crippen LogP contribution in [-0.2, 0) is 4.74 Å². The monoisotopic (exact) mass is 142 g/mol. The highest BCUT2D eigenvalue weighted by Crippen LogP contribution is 2.23. The van der Waals surface area contributed by atoms with E-state index in [-0.39, 0.29) is 0 Å². The molecule has 1 aliphatic heterocycles. The summed E-state index contributed by atoms with van der Waals surface area (Å²) in [5.41, 5.74) is 0. The summed E-state index contributed by atoms with van der Waals surface area (Å²) >= 11 is 0. The van der Waals surface area contributed by atoms with E-state index in [1.165, 1.54) is 18.9 Å². The van der Waals surface area contributed by atoms with E-state index in [0.29, 0.717) is 5.92 Å². The zero-order valence-corrected chi connectivity index (χ0v) is 6.81. The van der Waals surface area contributed by atoms with Crippen molar-refractivity contribution >= 4 is 0 Å². The van der Waals surface area contributed by atoms with Gasteiger partial charge in [0.2, 0.25) is 6.10 Å². The molecule has 1 saturated heterocycles. The summed E-state index contributed by atoms with van der Waals surface area (Å²) in [7, 11) is 1.76. The Balaban J connectivity index is 2.24. The smallest absolute Gasteiger partial charge is 0.240 e. The van der Waals surface area contributed by atoms with Gasteiger partial charge in [-0.3, -0.25) is 0 Å². The van der Waals surface area contributed by atoms with E-state index in [9.17, 15) is 0 Å². The zero-order valence-electron chi connectivity index (χ0n) is 6.81. The molecule has 0 atom stereocenters. The van der Waals surface area contributed by atoms with Crippen LogP contribution in [-0.4, -0.2) is 20.2 Å². The molecule has 0 spiro atoms. The lowest BCUT2D eigenvalue weighted by Gasteiger charge is -2.18. The Morgan fingerprint density at radius 3 is 2.50 bits per heavy atom. The van der Waals surface area contributed by atoms with Crippen LogP contribution < -0.4 is 5.32 Å². The van der Waals surface area contributed by atoms with Gasteiger partial charge in [-0.15, -0.1) is 0 Å². The molecule has 0 aromatic rings. The van der Waals surface area contributed by atoms with E-state index in [2.05, 4.69) is 12.2 Å². The first-order valence-corrected chi connectivity index (χ1v) is 3.92. The quantitative estimate of drug-likeness (QED) is 0.585. The molecule has 1 heterocycles. The number of methoxy groups -OCH3 is 1. The number of piperidine rings is 1. The van der Waals surface area contributed by atoms with Crippen molar-refractivity contribution in [3.05, 3.63) is 6.10 Å². The maximum Gasteiger partial charge on any atom is 0.240 e. The Bertz CT molecular complexity index is 89.3. The number of nitrogens with one attached hydrogen (secondary N) is 1. The van der Waals surface area contributed by atoms with Crippen molar-refractivity contribution in [2.45, 2.75) is 19.8 Å². The summed E-state index contributed by atoms with van der Waals surface area (Å²) in [6.07, 6.45) is 3.67. The molecule has 2 heteroatoms. The molecule has 0 bridgehead atoms. The van der Waals surface area contributed by atoms with Gasteiger partial charge in [-0.1, -0.05) is 0 Å². The zero-order chi connectivity index (χ0) is 7.40. The van der Waals surface area contributed by atoms with Crippen molar-refractivity contribution in [1.82, 2.24) is 5.32 Å². The summed E-state index contributed by atoms with van der Waals surface area (Å²) in [6.45, 7) is 4.37. The molecule has 0 aromatic carbocycles. The van der Waals surface area contributed by atoms with Crippen molar-refractivity contribution < 1.29 is 4.74 Å². The average Bonchev–Trinajstić information content (AvgIpc) is 2.05. The predicted octanol–water partition coefficient (Wildman–Crippen LogP) is 1.18. The highest BCUT2D eigenvalue weighted by Gasteiger charge is 2.29. The summed E-state index contributed by atoms with van der Waals surface area (Å²) in [4.78, 5) is 0. The molecular weight excluding hydrogens is 126 g/mol. The topological polar surface area (TPSA) is 21.3 Å². The molecule has 1 N–H and O–H groups in total. The van der Waals surface area contributed by atoms with Crippen molar-refractivity contribution in [3.63, 3.8) is 0 Å². The molecule has 0 aliphatic carbocycles. The van der Waals surface area contributed by atoms with Gasteiger partial charge in [0.1, 0.15) is 12.8 Å². The van der Waals surface area contributed by atoms with Crippen LogP contribution in [0.15, 0.2) is 0 Å². The Morgan fingerprint density at radius 1 is 1.40 bits per heavy atom. The number of hydrogen-bond acceptors (Lipinski definition) is 2. The molecule has 0 radical (unpaired) electrons. The van der Waals surface area contributed by atoms with Crippen LogP contribution in [0.4, 0.5) is 0 Å². The second-order valence-electron chi connectivity index (χ2n) is 2.84. The van der Waals surface area contributed by atoms with Gasteiger partial charge in [0.05, 0.1) is 7.11 Å². The maximum atomic E-state index is 5.18. The predicted molar refractivity (Wildman–Crippen MR) is 41.5 cm³/mol. The summed E-state index contributed by atoms with van der Waals surface area (Å²) in [6, 6.07) is 0. The van der Waals surface area contributed by atoms with Gasteiger partial charge >= 0.3 is 0 Å². The molecular formula is C8H16NO+. The summed E-state index contributed by atoms with van der Waals surface area (Å²) < 4.78 is 5.18. The third-order valence-electron chi connectivity index (χ3n) is 2.24. The van der Waals surface area contributed by atoms with Crippen LogP contribution in [0.25, 0.3) is 0 Å². The SMILES string of the molecule is CO[C+](C)C1CCNCC1.